The van der Waals surface area contributed by atoms with E-state index in [0.29, 0.717) is 33.2 Å². The molecule has 11 heteroatoms. The highest BCUT2D eigenvalue weighted by atomic mass is 35.5. The van der Waals surface area contributed by atoms with E-state index >= 15 is 0 Å². The third kappa shape index (κ3) is 6.58. The van der Waals surface area contributed by atoms with Crippen LogP contribution in [0.2, 0.25) is 5.02 Å². The van der Waals surface area contributed by atoms with Gasteiger partial charge in [-0.05, 0) is 42.5 Å². The van der Waals surface area contributed by atoms with Crippen molar-refractivity contribution in [1.29, 1.82) is 0 Å². The van der Waals surface area contributed by atoms with E-state index in [0.717, 1.165) is 5.69 Å². The zero-order chi connectivity index (χ0) is 24.6. The maximum Gasteiger partial charge on any atom is 0.271 e. The lowest BCUT2D eigenvalue weighted by Gasteiger charge is -2.11. The zero-order valence-electron chi connectivity index (χ0n) is 18.3. The largest absolute Gasteiger partial charge is 0.486 e. The number of nitrogens with one attached hydrogen (secondary N) is 1. The standard InChI is InChI=1S/C24H20ClN5O4S/c25-17-9-11-21(12-10-17)34-16-22-27-28-24(29(22)19-6-2-1-3-7-19)35-14-13-23(31)26-18-5-4-8-20(15-18)30(32)33/h1-12,15H,13-14,16H2,(H,26,31). The minimum absolute atomic E-state index is 0.0820. The number of para-hydroxylation sites is 1. The number of amides is 1. The van der Waals surface area contributed by atoms with Crippen molar-refractivity contribution in [1.82, 2.24) is 14.8 Å². The van der Waals surface area contributed by atoms with Crippen molar-refractivity contribution in [2.75, 3.05) is 11.1 Å². The molecule has 0 radical (unpaired) electrons. The Balaban J connectivity index is 1.41. The summed E-state index contributed by atoms with van der Waals surface area (Å²) >= 11 is 7.31. The van der Waals surface area contributed by atoms with Crippen LogP contribution < -0.4 is 10.1 Å². The number of rotatable bonds is 10. The van der Waals surface area contributed by atoms with E-state index in [1.807, 2.05) is 34.9 Å². The first-order chi connectivity index (χ1) is 17.0. The molecule has 0 aliphatic heterocycles. The van der Waals surface area contributed by atoms with Crippen molar-refractivity contribution in [3.8, 4) is 11.4 Å². The average molecular weight is 510 g/mol. The lowest BCUT2D eigenvalue weighted by Crippen LogP contribution is -2.12. The number of hydrogen-bond acceptors (Lipinski definition) is 7. The number of nitro groups is 1. The third-order valence-electron chi connectivity index (χ3n) is 4.80. The molecule has 1 N–H and O–H groups in total. The SMILES string of the molecule is O=C(CCSc1nnc(COc2ccc(Cl)cc2)n1-c1ccccc1)Nc1cccc([N+](=O)[O-])c1. The number of aromatic nitrogens is 3. The number of anilines is 1. The molecule has 0 saturated carbocycles. The number of ether oxygens (including phenoxy) is 1. The molecule has 178 valence electrons. The van der Waals surface area contributed by atoms with Crippen LogP contribution in [-0.2, 0) is 11.4 Å². The fraction of sp³-hybridized carbons (Fsp3) is 0.125. The summed E-state index contributed by atoms with van der Waals surface area (Å²) < 4.78 is 7.74. The van der Waals surface area contributed by atoms with Crippen LogP contribution in [-0.4, -0.2) is 31.3 Å². The number of hydrogen-bond donors (Lipinski definition) is 1. The molecule has 1 amide bonds. The molecule has 0 unspecified atom stereocenters. The van der Waals surface area contributed by atoms with E-state index in [1.165, 1.54) is 30.0 Å². The molecule has 4 rings (SSSR count). The highest BCUT2D eigenvalue weighted by molar-refractivity contribution is 7.99. The molecule has 0 aliphatic carbocycles. The van der Waals surface area contributed by atoms with Gasteiger partial charge in [-0.3, -0.25) is 19.5 Å². The Morgan fingerprint density at radius 2 is 1.83 bits per heavy atom. The minimum atomic E-state index is -0.504. The number of carbonyl (C=O) groups excluding carboxylic acids is 1. The molecule has 1 aromatic heterocycles. The summed E-state index contributed by atoms with van der Waals surface area (Å²) in [6.45, 7) is 0.192. The predicted molar refractivity (Wildman–Crippen MR) is 134 cm³/mol. The maximum atomic E-state index is 12.4. The van der Waals surface area contributed by atoms with Gasteiger partial charge < -0.3 is 10.1 Å². The van der Waals surface area contributed by atoms with Gasteiger partial charge in [-0.1, -0.05) is 47.6 Å². The van der Waals surface area contributed by atoms with Gasteiger partial charge in [0, 0.05) is 40.7 Å². The minimum Gasteiger partial charge on any atom is -0.486 e. The summed E-state index contributed by atoms with van der Waals surface area (Å²) in [6, 6.07) is 22.5. The average Bonchev–Trinajstić information content (AvgIpc) is 3.27. The second-order valence-electron chi connectivity index (χ2n) is 7.27. The van der Waals surface area contributed by atoms with Crippen LogP contribution in [0.4, 0.5) is 11.4 Å². The monoisotopic (exact) mass is 509 g/mol. The molecule has 0 saturated heterocycles. The normalized spacial score (nSPS) is 10.7. The van der Waals surface area contributed by atoms with Crippen molar-refractivity contribution >= 4 is 40.6 Å². The number of carbonyl (C=O) groups is 1. The van der Waals surface area contributed by atoms with Crippen LogP contribution >= 0.6 is 23.4 Å². The van der Waals surface area contributed by atoms with Crippen molar-refractivity contribution < 1.29 is 14.5 Å². The smallest absolute Gasteiger partial charge is 0.271 e. The summed E-state index contributed by atoms with van der Waals surface area (Å²) in [5.74, 6) is 1.44. The topological polar surface area (TPSA) is 112 Å². The number of thioether (sulfide) groups is 1. The maximum absolute atomic E-state index is 12.4. The Labute approximate surface area is 210 Å². The quantitative estimate of drug-likeness (QED) is 0.170. The van der Waals surface area contributed by atoms with Crippen LogP contribution in [0.1, 0.15) is 12.2 Å². The summed E-state index contributed by atoms with van der Waals surface area (Å²) in [4.78, 5) is 22.8. The zero-order valence-corrected chi connectivity index (χ0v) is 19.9. The van der Waals surface area contributed by atoms with Gasteiger partial charge in [0.05, 0.1) is 4.92 Å². The van der Waals surface area contributed by atoms with Crippen LogP contribution in [0.15, 0.2) is 84.0 Å². The molecule has 9 nitrogen and oxygen atoms in total. The Morgan fingerprint density at radius 1 is 1.06 bits per heavy atom. The molecule has 0 spiro atoms. The molecule has 0 atom stereocenters. The molecule has 4 aromatic rings. The van der Waals surface area contributed by atoms with E-state index in [4.69, 9.17) is 16.3 Å². The molecule has 35 heavy (non-hydrogen) atoms. The first-order valence-electron chi connectivity index (χ1n) is 10.5. The molecule has 0 aliphatic rings. The molecule has 0 fully saturated rings. The van der Waals surface area contributed by atoms with Gasteiger partial charge in [0.15, 0.2) is 11.0 Å². The second kappa shape index (κ2) is 11.5. The van der Waals surface area contributed by atoms with Crippen molar-refractivity contribution in [3.63, 3.8) is 0 Å². The first-order valence-corrected chi connectivity index (χ1v) is 11.9. The number of benzene rings is 3. The third-order valence-corrected chi connectivity index (χ3v) is 5.98. The molecule has 1 heterocycles. The van der Waals surface area contributed by atoms with Gasteiger partial charge in [0.25, 0.3) is 5.69 Å². The Bertz CT molecular complexity index is 1320. The van der Waals surface area contributed by atoms with Crippen LogP contribution in [0.3, 0.4) is 0 Å². The lowest BCUT2D eigenvalue weighted by molar-refractivity contribution is -0.384. The van der Waals surface area contributed by atoms with Gasteiger partial charge in [-0.2, -0.15) is 0 Å². The summed E-state index contributed by atoms with van der Waals surface area (Å²) in [5.41, 5.74) is 1.17. The van der Waals surface area contributed by atoms with Gasteiger partial charge in [0.1, 0.15) is 12.4 Å². The van der Waals surface area contributed by atoms with Gasteiger partial charge in [-0.25, -0.2) is 0 Å². The van der Waals surface area contributed by atoms with Crippen LogP contribution in [0.5, 0.6) is 5.75 Å². The second-order valence-corrected chi connectivity index (χ2v) is 8.76. The predicted octanol–water partition coefficient (Wildman–Crippen LogP) is 5.53. The highest BCUT2D eigenvalue weighted by Crippen LogP contribution is 2.24. The fourth-order valence-electron chi connectivity index (χ4n) is 3.16. The molecular weight excluding hydrogens is 490 g/mol. The molecule has 3 aromatic carbocycles. The van der Waals surface area contributed by atoms with Crippen LogP contribution in [0.25, 0.3) is 5.69 Å². The first kappa shape index (κ1) is 24.2. The highest BCUT2D eigenvalue weighted by Gasteiger charge is 2.16. The lowest BCUT2D eigenvalue weighted by atomic mass is 10.3. The number of nitro benzene ring substituents is 1. The van der Waals surface area contributed by atoms with E-state index in [-0.39, 0.29) is 24.6 Å². The van der Waals surface area contributed by atoms with Gasteiger partial charge >= 0.3 is 0 Å². The van der Waals surface area contributed by atoms with E-state index in [1.54, 1.807) is 30.3 Å². The Morgan fingerprint density at radius 3 is 2.57 bits per heavy atom. The van der Waals surface area contributed by atoms with Gasteiger partial charge in [-0.15, -0.1) is 10.2 Å². The number of non-ortho nitro benzene ring substituents is 1. The van der Waals surface area contributed by atoms with E-state index < -0.39 is 4.92 Å². The number of halogens is 1. The van der Waals surface area contributed by atoms with Crippen molar-refractivity contribution in [2.45, 2.75) is 18.2 Å². The summed E-state index contributed by atoms with van der Waals surface area (Å²) in [6.07, 6.45) is 0.186. The van der Waals surface area contributed by atoms with E-state index in [2.05, 4.69) is 15.5 Å². The Kier molecular flexibility index (Phi) is 7.96. The number of nitrogens with zero attached hydrogens (tertiary/aromatic N) is 4. The summed E-state index contributed by atoms with van der Waals surface area (Å²) in [7, 11) is 0. The van der Waals surface area contributed by atoms with Crippen molar-refractivity contribution in [3.05, 3.63) is 99.8 Å². The van der Waals surface area contributed by atoms with Crippen LogP contribution in [0, 0.1) is 10.1 Å². The molecule has 0 bridgehead atoms. The molecular formula is C24H20ClN5O4S. The van der Waals surface area contributed by atoms with Gasteiger partial charge in [0.2, 0.25) is 5.91 Å². The fourth-order valence-corrected chi connectivity index (χ4v) is 4.19. The Hall–Kier alpha value is -3.89. The van der Waals surface area contributed by atoms with Crippen molar-refractivity contribution in [2.24, 2.45) is 0 Å². The summed E-state index contributed by atoms with van der Waals surface area (Å²) in [5, 5.41) is 23.4. The van der Waals surface area contributed by atoms with E-state index in [9.17, 15) is 14.9 Å².